The molecule has 0 heterocycles. The van der Waals surface area contributed by atoms with Crippen molar-refractivity contribution in [3.05, 3.63) is 29.8 Å². The van der Waals surface area contributed by atoms with Crippen molar-refractivity contribution in [2.45, 2.75) is 76.8 Å². The van der Waals surface area contributed by atoms with E-state index in [1.165, 1.54) is 69.8 Å². The Labute approximate surface area is 148 Å². The van der Waals surface area contributed by atoms with Crippen molar-refractivity contribution >= 4 is 0 Å². The van der Waals surface area contributed by atoms with Gasteiger partial charge in [-0.25, -0.2) is 0 Å². The first kappa shape index (κ1) is 17.8. The van der Waals surface area contributed by atoms with Crippen molar-refractivity contribution in [2.24, 2.45) is 11.8 Å². The van der Waals surface area contributed by atoms with Crippen LogP contribution in [0.4, 0.5) is 0 Å². The molecule has 0 bridgehead atoms. The zero-order chi connectivity index (χ0) is 16.8. The first-order valence-electron chi connectivity index (χ1n) is 10.1. The maximum Gasteiger partial charge on any atom is 0.118 e. The van der Waals surface area contributed by atoms with Crippen LogP contribution in [-0.4, -0.2) is 25.1 Å². The lowest BCUT2D eigenvalue weighted by atomic mass is 9.73. The molecule has 2 saturated carbocycles. The van der Waals surface area contributed by atoms with Crippen molar-refractivity contribution in [1.29, 1.82) is 0 Å². The molecule has 24 heavy (non-hydrogen) atoms. The lowest BCUT2D eigenvalue weighted by Gasteiger charge is -2.43. The minimum atomic E-state index is 0.785. The molecule has 2 nitrogen and oxygen atoms in total. The van der Waals surface area contributed by atoms with Crippen LogP contribution in [0.3, 0.4) is 0 Å². The Morgan fingerprint density at radius 3 is 1.83 bits per heavy atom. The van der Waals surface area contributed by atoms with E-state index in [9.17, 15) is 0 Å². The van der Waals surface area contributed by atoms with Crippen molar-refractivity contribution in [3.63, 3.8) is 0 Å². The highest BCUT2D eigenvalue weighted by Gasteiger charge is 2.34. The van der Waals surface area contributed by atoms with Crippen LogP contribution in [0, 0.1) is 11.8 Å². The van der Waals surface area contributed by atoms with E-state index in [4.69, 9.17) is 4.74 Å². The van der Waals surface area contributed by atoms with Crippen LogP contribution in [0.15, 0.2) is 24.3 Å². The smallest absolute Gasteiger partial charge is 0.118 e. The van der Waals surface area contributed by atoms with Gasteiger partial charge in [-0.05, 0) is 62.3 Å². The van der Waals surface area contributed by atoms with Crippen molar-refractivity contribution < 1.29 is 4.74 Å². The fraction of sp³-hybridized carbons (Fsp3) is 0.727. The molecule has 0 radical (unpaired) electrons. The number of hydrogen-bond acceptors (Lipinski definition) is 2. The summed E-state index contributed by atoms with van der Waals surface area (Å²) in [7, 11) is 4.11. The number of benzene rings is 1. The standard InChI is InChI=1S/C22H35NO/c1-23(17-18-13-15-21(24-2)16-14-18)22(19-9-5-3-6-10-19)20-11-7-4-8-12-20/h13-16,19-20,22H,3-12,17H2,1-2H3. The monoisotopic (exact) mass is 329 g/mol. The SMILES string of the molecule is COc1ccc(CN(C)C(C2CCCCC2)C2CCCCC2)cc1. The van der Waals surface area contributed by atoms with Crippen LogP contribution in [0.25, 0.3) is 0 Å². The Morgan fingerprint density at radius 2 is 1.38 bits per heavy atom. The molecule has 0 spiro atoms. The van der Waals surface area contributed by atoms with Gasteiger partial charge in [-0.3, -0.25) is 4.90 Å². The van der Waals surface area contributed by atoms with Gasteiger partial charge in [0.15, 0.2) is 0 Å². The lowest BCUT2D eigenvalue weighted by Crippen LogP contribution is -2.44. The highest BCUT2D eigenvalue weighted by atomic mass is 16.5. The van der Waals surface area contributed by atoms with Crippen LogP contribution in [0.1, 0.15) is 69.8 Å². The summed E-state index contributed by atoms with van der Waals surface area (Å²) in [4.78, 5) is 2.69. The van der Waals surface area contributed by atoms with Crippen LogP contribution in [0.5, 0.6) is 5.75 Å². The molecular weight excluding hydrogens is 294 g/mol. The molecule has 0 N–H and O–H groups in total. The quantitative estimate of drug-likeness (QED) is 0.668. The van der Waals surface area contributed by atoms with Crippen LogP contribution in [0.2, 0.25) is 0 Å². The van der Waals surface area contributed by atoms with E-state index in [1.54, 1.807) is 7.11 Å². The third kappa shape index (κ3) is 4.53. The van der Waals surface area contributed by atoms with Gasteiger partial charge >= 0.3 is 0 Å². The number of nitrogens with zero attached hydrogens (tertiary/aromatic N) is 1. The molecule has 2 heteroatoms. The Bertz CT molecular complexity index is 453. The summed E-state index contributed by atoms with van der Waals surface area (Å²) in [5.74, 6) is 2.80. The minimum Gasteiger partial charge on any atom is -0.497 e. The molecule has 0 amide bonds. The third-order valence-electron chi connectivity index (χ3n) is 6.37. The fourth-order valence-corrected chi connectivity index (χ4v) is 5.18. The zero-order valence-electron chi connectivity index (χ0n) is 15.7. The second kappa shape index (κ2) is 8.89. The van der Waals surface area contributed by atoms with E-state index in [2.05, 4.69) is 36.2 Å². The molecule has 2 aliphatic carbocycles. The van der Waals surface area contributed by atoms with E-state index in [1.807, 2.05) is 0 Å². The van der Waals surface area contributed by atoms with Crippen molar-refractivity contribution in [1.82, 2.24) is 4.90 Å². The molecule has 0 aliphatic heterocycles. The number of hydrogen-bond donors (Lipinski definition) is 0. The summed E-state index contributed by atoms with van der Waals surface area (Å²) < 4.78 is 5.30. The van der Waals surface area contributed by atoms with Gasteiger partial charge < -0.3 is 4.74 Å². The number of methoxy groups -OCH3 is 1. The number of ether oxygens (including phenoxy) is 1. The Balaban J connectivity index is 1.69. The normalized spacial score (nSPS) is 20.7. The predicted octanol–water partition coefficient (Wildman–Crippen LogP) is 5.66. The van der Waals surface area contributed by atoms with Gasteiger partial charge in [0.05, 0.1) is 7.11 Å². The average Bonchev–Trinajstić information content (AvgIpc) is 2.64. The van der Waals surface area contributed by atoms with Crippen LogP contribution < -0.4 is 4.74 Å². The maximum absolute atomic E-state index is 5.30. The first-order chi connectivity index (χ1) is 11.8. The van der Waals surface area contributed by atoms with Crippen LogP contribution >= 0.6 is 0 Å². The summed E-state index contributed by atoms with van der Waals surface area (Å²) >= 11 is 0. The second-order valence-corrected chi connectivity index (χ2v) is 8.05. The lowest BCUT2D eigenvalue weighted by molar-refractivity contribution is 0.0678. The summed E-state index contributed by atoms with van der Waals surface area (Å²) in [6.45, 7) is 1.07. The largest absolute Gasteiger partial charge is 0.497 e. The fourth-order valence-electron chi connectivity index (χ4n) is 5.18. The van der Waals surface area contributed by atoms with E-state index in [-0.39, 0.29) is 0 Å². The topological polar surface area (TPSA) is 12.5 Å². The molecule has 0 saturated heterocycles. The van der Waals surface area contributed by atoms with E-state index in [0.717, 1.165) is 30.2 Å². The maximum atomic E-state index is 5.30. The van der Waals surface area contributed by atoms with Gasteiger partial charge in [0, 0.05) is 12.6 Å². The molecular formula is C22H35NO. The molecule has 2 aliphatic rings. The van der Waals surface area contributed by atoms with E-state index >= 15 is 0 Å². The molecule has 0 aromatic heterocycles. The summed E-state index contributed by atoms with van der Waals surface area (Å²) in [5.41, 5.74) is 1.41. The summed E-state index contributed by atoms with van der Waals surface area (Å²) in [5, 5.41) is 0. The average molecular weight is 330 g/mol. The molecule has 0 atom stereocenters. The van der Waals surface area contributed by atoms with E-state index < -0.39 is 0 Å². The first-order valence-corrected chi connectivity index (χ1v) is 10.1. The Morgan fingerprint density at radius 1 is 0.875 bits per heavy atom. The Hall–Kier alpha value is -1.02. The molecule has 0 unspecified atom stereocenters. The zero-order valence-corrected chi connectivity index (χ0v) is 15.7. The summed E-state index contributed by atoms with van der Waals surface area (Å²) in [6, 6.07) is 9.44. The summed E-state index contributed by atoms with van der Waals surface area (Å²) in [6.07, 6.45) is 14.5. The molecule has 134 valence electrons. The van der Waals surface area contributed by atoms with Gasteiger partial charge in [0.25, 0.3) is 0 Å². The van der Waals surface area contributed by atoms with Crippen molar-refractivity contribution in [2.75, 3.05) is 14.2 Å². The van der Waals surface area contributed by atoms with Gasteiger partial charge in [-0.1, -0.05) is 50.7 Å². The van der Waals surface area contributed by atoms with E-state index in [0.29, 0.717) is 0 Å². The molecule has 1 aromatic carbocycles. The molecule has 3 rings (SSSR count). The van der Waals surface area contributed by atoms with Crippen molar-refractivity contribution in [3.8, 4) is 5.75 Å². The van der Waals surface area contributed by atoms with Crippen LogP contribution in [-0.2, 0) is 6.54 Å². The minimum absolute atomic E-state index is 0.785. The molecule has 1 aromatic rings. The number of rotatable bonds is 6. The van der Waals surface area contributed by atoms with Gasteiger partial charge in [-0.2, -0.15) is 0 Å². The Kier molecular flexibility index (Phi) is 6.59. The molecule has 2 fully saturated rings. The predicted molar refractivity (Wildman–Crippen MR) is 101 cm³/mol. The highest BCUT2D eigenvalue weighted by molar-refractivity contribution is 5.27. The van der Waals surface area contributed by atoms with Gasteiger partial charge in [0.1, 0.15) is 5.75 Å². The van der Waals surface area contributed by atoms with Gasteiger partial charge in [0.2, 0.25) is 0 Å². The highest BCUT2D eigenvalue weighted by Crippen LogP contribution is 2.38. The second-order valence-electron chi connectivity index (χ2n) is 8.05. The van der Waals surface area contributed by atoms with Gasteiger partial charge in [-0.15, -0.1) is 0 Å². The third-order valence-corrected chi connectivity index (χ3v) is 6.37.